The van der Waals surface area contributed by atoms with E-state index in [4.69, 9.17) is 4.74 Å². The number of rotatable bonds is 1. The van der Waals surface area contributed by atoms with Gasteiger partial charge in [-0.15, -0.1) is 0 Å². The van der Waals surface area contributed by atoms with Crippen molar-refractivity contribution >= 4 is 11.7 Å². The van der Waals surface area contributed by atoms with E-state index in [0.29, 0.717) is 0 Å². The Balaban J connectivity index is 2.34. The molecular formula is C12H15NO2. The van der Waals surface area contributed by atoms with Gasteiger partial charge >= 0.3 is 5.97 Å². The summed E-state index contributed by atoms with van der Waals surface area (Å²) in [7, 11) is 1.42. The van der Waals surface area contributed by atoms with Crippen molar-refractivity contribution in [2.75, 3.05) is 12.4 Å². The molecule has 1 unspecified atom stereocenters. The third kappa shape index (κ3) is 1.58. The third-order valence-corrected chi connectivity index (χ3v) is 2.97. The molecular weight excluding hydrogens is 190 g/mol. The molecule has 1 aliphatic heterocycles. The standard InChI is InChI=1S/C12H15NO2/c1-7-4-5-8(2)11-9(7)6-10(13-11)12(14)15-3/h4-5,10,13H,6H2,1-3H3. The van der Waals surface area contributed by atoms with Crippen LogP contribution in [0.3, 0.4) is 0 Å². The third-order valence-electron chi connectivity index (χ3n) is 2.97. The number of carbonyl (C=O) groups excluding carboxylic acids is 1. The number of hydrogen-bond acceptors (Lipinski definition) is 3. The minimum absolute atomic E-state index is 0.190. The van der Waals surface area contributed by atoms with Gasteiger partial charge in [0.15, 0.2) is 0 Å². The fraction of sp³-hybridized carbons (Fsp3) is 0.417. The fourth-order valence-electron chi connectivity index (χ4n) is 2.05. The molecule has 3 nitrogen and oxygen atoms in total. The summed E-state index contributed by atoms with van der Waals surface area (Å²) in [5.41, 5.74) is 4.76. The number of nitrogens with one attached hydrogen (secondary N) is 1. The molecule has 80 valence electrons. The topological polar surface area (TPSA) is 38.3 Å². The number of ether oxygens (including phenoxy) is 1. The quantitative estimate of drug-likeness (QED) is 0.711. The molecule has 0 bridgehead atoms. The highest BCUT2D eigenvalue weighted by Crippen LogP contribution is 2.32. The second-order valence-corrected chi connectivity index (χ2v) is 3.98. The van der Waals surface area contributed by atoms with Crippen LogP contribution in [0.1, 0.15) is 16.7 Å². The zero-order valence-electron chi connectivity index (χ0n) is 9.26. The molecule has 0 aliphatic carbocycles. The molecule has 1 aromatic carbocycles. The van der Waals surface area contributed by atoms with E-state index < -0.39 is 0 Å². The first-order chi connectivity index (χ1) is 7.13. The molecule has 3 heteroatoms. The van der Waals surface area contributed by atoms with Gasteiger partial charge in [-0.1, -0.05) is 12.1 Å². The highest BCUT2D eigenvalue weighted by molar-refractivity contribution is 5.84. The van der Waals surface area contributed by atoms with Gasteiger partial charge in [0.2, 0.25) is 0 Å². The number of hydrogen-bond donors (Lipinski definition) is 1. The molecule has 0 saturated heterocycles. The van der Waals surface area contributed by atoms with Crippen LogP contribution in [0.4, 0.5) is 5.69 Å². The molecule has 0 fully saturated rings. The number of anilines is 1. The van der Waals surface area contributed by atoms with E-state index in [0.717, 1.165) is 12.1 Å². The highest BCUT2D eigenvalue weighted by atomic mass is 16.5. The van der Waals surface area contributed by atoms with E-state index in [9.17, 15) is 4.79 Å². The van der Waals surface area contributed by atoms with Crippen LogP contribution in [-0.2, 0) is 16.0 Å². The van der Waals surface area contributed by atoms with Crippen molar-refractivity contribution in [1.82, 2.24) is 0 Å². The van der Waals surface area contributed by atoms with Gasteiger partial charge in [-0.25, -0.2) is 4.79 Å². The van der Waals surface area contributed by atoms with Crippen LogP contribution >= 0.6 is 0 Å². The van der Waals surface area contributed by atoms with E-state index in [1.165, 1.54) is 23.8 Å². The first kappa shape index (κ1) is 10.0. The first-order valence-electron chi connectivity index (χ1n) is 5.07. The number of aryl methyl sites for hydroxylation is 2. The maximum absolute atomic E-state index is 11.4. The lowest BCUT2D eigenvalue weighted by atomic mass is 10.0. The van der Waals surface area contributed by atoms with Crippen LogP contribution in [0.25, 0.3) is 0 Å². The van der Waals surface area contributed by atoms with E-state index in [2.05, 4.69) is 24.4 Å². The van der Waals surface area contributed by atoms with Gasteiger partial charge in [0.1, 0.15) is 6.04 Å². The number of esters is 1. The van der Waals surface area contributed by atoms with Crippen LogP contribution in [0, 0.1) is 13.8 Å². The smallest absolute Gasteiger partial charge is 0.328 e. The van der Waals surface area contributed by atoms with E-state index in [1.807, 2.05) is 6.92 Å². The van der Waals surface area contributed by atoms with Crippen molar-refractivity contribution in [3.63, 3.8) is 0 Å². The first-order valence-corrected chi connectivity index (χ1v) is 5.07. The van der Waals surface area contributed by atoms with Gasteiger partial charge in [-0.3, -0.25) is 0 Å². The number of methoxy groups -OCH3 is 1. The Morgan fingerprint density at radius 2 is 2.07 bits per heavy atom. The number of benzene rings is 1. The monoisotopic (exact) mass is 205 g/mol. The molecule has 15 heavy (non-hydrogen) atoms. The summed E-state index contributed by atoms with van der Waals surface area (Å²) in [4.78, 5) is 11.4. The van der Waals surface area contributed by atoms with Crippen molar-refractivity contribution in [3.05, 3.63) is 28.8 Å². The second kappa shape index (κ2) is 3.57. The molecule has 1 aliphatic rings. The SMILES string of the molecule is COC(=O)C1Cc2c(C)ccc(C)c2N1. The molecule has 0 amide bonds. The van der Waals surface area contributed by atoms with Gasteiger partial charge in [-0.2, -0.15) is 0 Å². The average molecular weight is 205 g/mol. The van der Waals surface area contributed by atoms with Crippen LogP contribution in [0.5, 0.6) is 0 Å². The molecule has 1 aromatic rings. The normalized spacial score (nSPS) is 18.2. The van der Waals surface area contributed by atoms with E-state index in [-0.39, 0.29) is 12.0 Å². The Morgan fingerprint density at radius 1 is 1.40 bits per heavy atom. The molecule has 0 radical (unpaired) electrons. The minimum Gasteiger partial charge on any atom is -0.467 e. The zero-order chi connectivity index (χ0) is 11.0. The average Bonchev–Trinajstić information content (AvgIpc) is 2.68. The molecule has 2 rings (SSSR count). The molecule has 0 spiro atoms. The number of carbonyl (C=O) groups is 1. The largest absolute Gasteiger partial charge is 0.467 e. The Kier molecular flexibility index (Phi) is 2.39. The van der Waals surface area contributed by atoms with Crippen molar-refractivity contribution in [1.29, 1.82) is 0 Å². The molecule has 1 atom stereocenters. The van der Waals surface area contributed by atoms with Gasteiger partial charge < -0.3 is 10.1 Å². The summed E-state index contributed by atoms with van der Waals surface area (Å²) < 4.78 is 4.74. The summed E-state index contributed by atoms with van der Waals surface area (Å²) in [6, 6.07) is 3.95. The number of fused-ring (bicyclic) bond motifs is 1. The lowest BCUT2D eigenvalue weighted by Gasteiger charge is -2.09. The highest BCUT2D eigenvalue weighted by Gasteiger charge is 2.29. The fourth-order valence-corrected chi connectivity index (χ4v) is 2.05. The lowest BCUT2D eigenvalue weighted by Crippen LogP contribution is -2.28. The van der Waals surface area contributed by atoms with Crippen molar-refractivity contribution in [2.24, 2.45) is 0 Å². The van der Waals surface area contributed by atoms with Gasteiger partial charge in [0.25, 0.3) is 0 Å². The summed E-state index contributed by atoms with van der Waals surface area (Å²) >= 11 is 0. The second-order valence-electron chi connectivity index (χ2n) is 3.98. The van der Waals surface area contributed by atoms with Crippen LogP contribution in [-0.4, -0.2) is 19.1 Å². The zero-order valence-corrected chi connectivity index (χ0v) is 9.26. The van der Waals surface area contributed by atoms with E-state index >= 15 is 0 Å². The molecule has 1 heterocycles. The predicted molar refractivity (Wildman–Crippen MR) is 59.0 cm³/mol. The van der Waals surface area contributed by atoms with Crippen LogP contribution in [0.15, 0.2) is 12.1 Å². The maximum atomic E-state index is 11.4. The van der Waals surface area contributed by atoms with Crippen molar-refractivity contribution < 1.29 is 9.53 Å². The van der Waals surface area contributed by atoms with Crippen LogP contribution in [0.2, 0.25) is 0 Å². The lowest BCUT2D eigenvalue weighted by molar-refractivity contribution is -0.141. The van der Waals surface area contributed by atoms with Gasteiger partial charge in [0.05, 0.1) is 7.11 Å². The Bertz CT molecular complexity index is 381. The van der Waals surface area contributed by atoms with E-state index in [1.54, 1.807) is 0 Å². The maximum Gasteiger partial charge on any atom is 0.328 e. The summed E-state index contributed by atoms with van der Waals surface area (Å²) in [6.07, 6.45) is 0.732. The summed E-state index contributed by atoms with van der Waals surface area (Å²) in [6.45, 7) is 4.12. The van der Waals surface area contributed by atoms with Crippen molar-refractivity contribution in [2.45, 2.75) is 26.3 Å². The summed E-state index contributed by atoms with van der Waals surface area (Å²) in [5.74, 6) is -0.190. The van der Waals surface area contributed by atoms with Crippen molar-refractivity contribution in [3.8, 4) is 0 Å². The minimum atomic E-state index is -0.218. The molecule has 0 saturated carbocycles. The molecule has 1 N–H and O–H groups in total. The van der Waals surface area contributed by atoms with Gasteiger partial charge in [-0.05, 0) is 30.5 Å². The Morgan fingerprint density at radius 3 is 2.67 bits per heavy atom. The van der Waals surface area contributed by atoms with Crippen LogP contribution < -0.4 is 5.32 Å². The molecule has 0 aromatic heterocycles. The van der Waals surface area contributed by atoms with Gasteiger partial charge in [0, 0.05) is 12.1 Å². The Hall–Kier alpha value is -1.51. The Labute approximate surface area is 89.4 Å². The summed E-state index contributed by atoms with van der Waals surface area (Å²) in [5, 5.41) is 3.22. The predicted octanol–water partition coefficient (Wildman–Crippen LogP) is 1.81.